The number of carbonyl (C=O) groups is 1. The highest BCUT2D eigenvalue weighted by atomic mass is 16.2. The molecule has 0 bridgehead atoms. The summed E-state index contributed by atoms with van der Waals surface area (Å²) in [6.45, 7) is 1.71. The molecule has 0 aliphatic heterocycles. The molecule has 0 aromatic heterocycles. The zero-order valence-corrected chi connectivity index (χ0v) is 7.59. The molecule has 0 aliphatic rings. The Morgan fingerprint density at radius 3 is 1.73 bits per heavy atom. The number of hydrogen-bond acceptors (Lipinski definition) is 4. The Hall–Kier alpha value is -0.650. The largest absolute Gasteiger partial charge is 0.400 e. The first kappa shape index (κ1) is 16.7. The summed E-state index contributed by atoms with van der Waals surface area (Å²) in [5.74, 6) is -0.317. The van der Waals surface area contributed by atoms with E-state index in [4.69, 9.17) is 10.8 Å². The topological polar surface area (TPSA) is 101 Å². The normalized spacial score (nSPS) is 9.64. The van der Waals surface area contributed by atoms with Crippen molar-refractivity contribution in [2.45, 2.75) is 13.0 Å². The molecule has 0 radical (unpaired) electrons. The first-order chi connectivity index (χ1) is 5.18. The quantitative estimate of drug-likeness (QED) is 0.390. The van der Waals surface area contributed by atoms with Gasteiger partial charge in [0, 0.05) is 7.11 Å². The van der Waals surface area contributed by atoms with Crippen molar-refractivity contribution in [2.75, 3.05) is 21.2 Å². The summed E-state index contributed by atoms with van der Waals surface area (Å²) >= 11 is 0. The minimum atomic E-state index is -0.317. The highest BCUT2D eigenvalue weighted by molar-refractivity contribution is 5.79. The number of rotatable bonds is 2. The van der Waals surface area contributed by atoms with Crippen LogP contribution in [0.5, 0.6) is 0 Å². The van der Waals surface area contributed by atoms with E-state index in [1.54, 1.807) is 14.0 Å². The van der Waals surface area contributed by atoms with Crippen LogP contribution in [0.15, 0.2) is 0 Å². The van der Waals surface area contributed by atoms with Crippen molar-refractivity contribution in [3.8, 4) is 0 Å². The van der Waals surface area contributed by atoms with Gasteiger partial charge in [0.05, 0.1) is 6.04 Å². The first-order valence-electron chi connectivity index (χ1n) is 3.17. The lowest BCUT2D eigenvalue weighted by Gasteiger charge is -2.01. The van der Waals surface area contributed by atoms with Gasteiger partial charge in [0.1, 0.15) is 0 Å². The van der Waals surface area contributed by atoms with Crippen molar-refractivity contribution >= 4 is 5.91 Å². The highest BCUT2D eigenvalue weighted by Crippen LogP contribution is 1.71. The van der Waals surface area contributed by atoms with Crippen LogP contribution in [0.3, 0.4) is 0 Å². The summed E-state index contributed by atoms with van der Waals surface area (Å²) < 4.78 is 0. The summed E-state index contributed by atoms with van der Waals surface area (Å²) in [5, 5.41) is 9.69. The van der Waals surface area contributed by atoms with E-state index in [2.05, 4.69) is 11.1 Å². The summed E-state index contributed by atoms with van der Waals surface area (Å²) in [6, 6.07) is -0.208. The van der Waals surface area contributed by atoms with Gasteiger partial charge in [0.25, 0.3) is 0 Å². The molecule has 0 rings (SSSR count). The molecule has 0 saturated heterocycles. The maximum absolute atomic E-state index is 10.1. The van der Waals surface area contributed by atoms with E-state index < -0.39 is 0 Å². The molecule has 0 fully saturated rings. The van der Waals surface area contributed by atoms with E-state index in [9.17, 15) is 4.79 Å². The third-order valence-electron chi connectivity index (χ3n) is 0.860. The SMILES string of the molecule is CN.CN[C@H](C)C(N)=O.CO. The number of likely N-dealkylation sites (N-methyl/N-ethyl adjacent to an activating group) is 1. The van der Waals surface area contributed by atoms with Gasteiger partial charge in [0.15, 0.2) is 0 Å². The minimum absolute atomic E-state index is 0.208. The highest BCUT2D eigenvalue weighted by Gasteiger charge is 2.01. The number of amides is 1. The fourth-order valence-corrected chi connectivity index (χ4v) is 0.142. The van der Waals surface area contributed by atoms with Crippen LogP contribution < -0.4 is 16.8 Å². The summed E-state index contributed by atoms with van der Waals surface area (Å²) in [6.07, 6.45) is 0. The van der Waals surface area contributed by atoms with Crippen LogP contribution in [0.4, 0.5) is 0 Å². The first-order valence-corrected chi connectivity index (χ1v) is 3.17. The Morgan fingerprint density at radius 1 is 1.45 bits per heavy atom. The summed E-state index contributed by atoms with van der Waals surface area (Å²) in [5.41, 5.74) is 9.35. The molecule has 70 valence electrons. The average Bonchev–Trinajstić information content (AvgIpc) is 2.10. The maximum atomic E-state index is 10.1. The monoisotopic (exact) mass is 165 g/mol. The minimum Gasteiger partial charge on any atom is -0.400 e. The molecular weight excluding hydrogens is 146 g/mol. The Kier molecular flexibility index (Phi) is 24.6. The Bertz CT molecular complexity index is 78.2. The van der Waals surface area contributed by atoms with Crippen LogP contribution in [0, 0.1) is 0 Å². The van der Waals surface area contributed by atoms with Crippen LogP contribution in [-0.4, -0.2) is 38.3 Å². The van der Waals surface area contributed by atoms with Crippen LogP contribution in [0.25, 0.3) is 0 Å². The number of hydrogen-bond donors (Lipinski definition) is 4. The lowest BCUT2D eigenvalue weighted by atomic mass is 10.3. The van der Waals surface area contributed by atoms with Crippen molar-refractivity contribution < 1.29 is 9.90 Å². The number of nitrogens with one attached hydrogen (secondary N) is 1. The predicted octanol–water partition coefficient (Wildman–Crippen LogP) is -1.74. The zero-order chi connectivity index (χ0) is 9.86. The molecule has 0 spiro atoms. The van der Waals surface area contributed by atoms with Gasteiger partial charge in [-0.3, -0.25) is 4.79 Å². The number of primary amides is 1. The van der Waals surface area contributed by atoms with Crippen molar-refractivity contribution in [3.63, 3.8) is 0 Å². The number of nitrogens with two attached hydrogens (primary N) is 2. The molecule has 0 aromatic rings. The molecule has 0 heterocycles. The smallest absolute Gasteiger partial charge is 0.234 e. The Balaban J connectivity index is -0.000000138. The van der Waals surface area contributed by atoms with Gasteiger partial charge in [-0.1, -0.05) is 0 Å². The molecule has 0 aliphatic carbocycles. The molecule has 11 heavy (non-hydrogen) atoms. The standard InChI is InChI=1S/C4H10N2O.CH5N.CH4O/c1-3(6-2)4(5)7;2*1-2/h3,6H,1-2H3,(H2,5,7);2H2,1H3;2H,1H3/t3-;;/m1../s1. The van der Waals surface area contributed by atoms with Crippen LogP contribution in [-0.2, 0) is 4.79 Å². The van der Waals surface area contributed by atoms with E-state index in [-0.39, 0.29) is 11.9 Å². The molecule has 0 unspecified atom stereocenters. The van der Waals surface area contributed by atoms with Gasteiger partial charge in [-0.05, 0) is 21.0 Å². The Morgan fingerprint density at radius 2 is 1.73 bits per heavy atom. The van der Waals surface area contributed by atoms with Crippen molar-refractivity contribution in [2.24, 2.45) is 11.5 Å². The lowest BCUT2D eigenvalue weighted by molar-refractivity contribution is -0.119. The van der Waals surface area contributed by atoms with E-state index in [1.165, 1.54) is 7.05 Å². The summed E-state index contributed by atoms with van der Waals surface area (Å²) in [4.78, 5) is 10.1. The van der Waals surface area contributed by atoms with E-state index in [0.29, 0.717) is 0 Å². The number of aliphatic hydroxyl groups excluding tert-OH is 1. The molecule has 5 nitrogen and oxygen atoms in total. The van der Waals surface area contributed by atoms with Gasteiger partial charge in [-0.2, -0.15) is 0 Å². The average molecular weight is 165 g/mol. The third kappa shape index (κ3) is 17.6. The molecule has 1 amide bonds. The van der Waals surface area contributed by atoms with Gasteiger partial charge >= 0.3 is 0 Å². The second-order valence-electron chi connectivity index (χ2n) is 1.41. The van der Waals surface area contributed by atoms with Crippen molar-refractivity contribution in [3.05, 3.63) is 0 Å². The molecule has 0 aromatic carbocycles. The van der Waals surface area contributed by atoms with E-state index >= 15 is 0 Å². The number of aliphatic hydroxyl groups is 1. The summed E-state index contributed by atoms with van der Waals surface area (Å²) in [7, 11) is 4.19. The van der Waals surface area contributed by atoms with Gasteiger partial charge in [-0.25, -0.2) is 0 Å². The van der Waals surface area contributed by atoms with Crippen molar-refractivity contribution in [1.29, 1.82) is 0 Å². The molecule has 0 saturated carbocycles. The predicted molar refractivity (Wildman–Crippen MR) is 46.0 cm³/mol. The van der Waals surface area contributed by atoms with E-state index in [1.807, 2.05) is 0 Å². The van der Waals surface area contributed by atoms with Crippen molar-refractivity contribution in [1.82, 2.24) is 5.32 Å². The van der Waals surface area contributed by atoms with Gasteiger partial charge in [0.2, 0.25) is 5.91 Å². The Labute approximate surface area is 67.8 Å². The molecule has 6 N–H and O–H groups in total. The third-order valence-corrected chi connectivity index (χ3v) is 0.860. The van der Waals surface area contributed by atoms with Gasteiger partial charge < -0.3 is 21.9 Å². The zero-order valence-electron chi connectivity index (χ0n) is 7.59. The molecule has 1 atom stereocenters. The van der Waals surface area contributed by atoms with E-state index in [0.717, 1.165) is 7.11 Å². The second kappa shape index (κ2) is 16.2. The van der Waals surface area contributed by atoms with Crippen LogP contribution >= 0.6 is 0 Å². The van der Waals surface area contributed by atoms with Gasteiger partial charge in [-0.15, -0.1) is 0 Å². The fourth-order valence-electron chi connectivity index (χ4n) is 0.142. The van der Waals surface area contributed by atoms with Crippen LogP contribution in [0.2, 0.25) is 0 Å². The molecular formula is C6H19N3O2. The lowest BCUT2D eigenvalue weighted by Crippen LogP contribution is -2.36. The number of carbonyl (C=O) groups excluding carboxylic acids is 1. The second-order valence-corrected chi connectivity index (χ2v) is 1.41. The fraction of sp³-hybridized carbons (Fsp3) is 0.833. The van der Waals surface area contributed by atoms with Crippen LogP contribution in [0.1, 0.15) is 6.92 Å². The molecule has 5 heteroatoms. The maximum Gasteiger partial charge on any atom is 0.234 e.